The fraction of sp³-hybridized carbons (Fsp3) is 1.00. The molecule has 124 valence electrons. The molecule has 0 bridgehead atoms. The first kappa shape index (κ1) is 17.2. The summed E-state index contributed by atoms with van der Waals surface area (Å²) >= 11 is 0. The molecule has 0 spiro atoms. The van der Waals surface area contributed by atoms with Crippen molar-refractivity contribution in [2.24, 2.45) is 5.41 Å². The van der Waals surface area contributed by atoms with Gasteiger partial charge in [-0.05, 0) is 51.0 Å². The van der Waals surface area contributed by atoms with E-state index in [2.05, 4.69) is 37.9 Å². The third-order valence-corrected chi connectivity index (χ3v) is 5.51. The van der Waals surface area contributed by atoms with E-state index in [0.29, 0.717) is 17.6 Å². The highest BCUT2D eigenvalue weighted by molar-refractivity contribution is 4.99. The van der Waals surface area contributed by atoms with Crippen molar-refractivity contribution in [3.63, 3.8) is 0 Å². The van der Waals surface area contributed by atoms with Gasteiger partial charge in [-0.25, -0.2) is 0 Å². The van der Waals surface area contributed by atoms with Gasteiger partial charge in [0.05, 0.1) is 6.10 Å². The topological polar surface area (TPSA) is 24.5 Å². The maximum Gasteiger partial charge on any atom is 0.0599 e. The number of hydrogen-bond acceptors (Lipinski definition) is 3. The monoisotopic (exact) mass is 296 g/mol. The molecule has 1 saturated heterocycles. The standard InChI is InChI=1S/C18H36N2O/c1-5-12-19-17-16(8-7-11-18(17,3)4)20-13-9-15(10-14-20)21-6-2/h15-17,19H,5-14H2,1-4H3. The summed E-state index contributed by atoms with van der Waals surface area (Å²) in [5.74, 6) is 0. The van der Waals surface area contributed by atoms with E-state index < -0.39 is 0 Å². The van der Waals surface area contributed by atoms with Gasteiger partial charge in [-0.1, -0.05) is 27.2 Å². The molecule has 2 aliphatic rings. The number of rotatable bonds is 6. The lowest BCUT2D eigenvalue weighted by atomic mass is 9.70. The van der Waals surface area contributed by atoms with E-state index in [1.165, 1.54) is 51.6 Å². The highest BCUT2D eigenvalue weighted by atomic mass is 16.5. The van der Waals surface area contributed by atoms with Crippen LogP contribution in [0.25, 0.3) is 0 Å². The van der Waals surface area contributed by atoms with Crippen LogP contribution >= 0.6 is 0 Å². The maximum absolute atomic E-state index is 5.81. The maximum atomic E-state index is 5.81. The molecule has 1 N–H and O–H groups in total. The molecular formula is C18H36N2O. The lowest BCUT2D eigenvalue weighted by Crippen LogP contribution is -2.60. The normalized spacial score (nSPS) is 31.4. The zero-order valence-corrected chi connectivity index (χ0v) is 14.7. The molecule has 0 amide bonds. The van der Waals surface area contributed by atoms with Crippen LogP contribution in [0.2, 0.25) is 0 Å². The Bertz CT molecular complexity index is 298. The molecule has 0 aromatic heterocycles. The Balaban J connectivity index is 1.96. The van der Waals surface area contributed by atoms with E-state index in [0.717, 1.165) is 19.2 Å². The third-order valence-electron chi connectivity index (χ3n) is 5.51. The molecule has 0 aromatic rings. The van der Waals surface area contributed by atoms with Gasteiger partial charge in [0.2, 0.25) is 0 Å². The van der Waals surface area contributed by atoms with Gasteiger partial charge < -0.3 is 10.1 Å². The molecule has 3 nitrogen and oxygen atoms in total. The van der Waals surface area contributed by atoms with Crippen LogP contribution in [0.15, 0.2) is 0 Å². The van der Waals surface area contributed by atoms with Gasteiger partial charge in [-0.15, -0.1) is 0 Å². The summed E-state index contributed by atoms with van der Waals surface area (Å²) in [5.41, 5.74) is 0.425. The minimum atomic E-state index is 0.425. The van der Waals surface area contributed by atoms with Crippen molar-refractivity contribution in [2.75, 3.05) is 26.2 Å². The molecule has 0 radical (unpaired) electrons. The molecule has 1 aliphatic heterocycles. The van der Waals surface area contributed by atoms with Crippen LogP contribution in [0.4, 0.5) is 0 Å². The Morgan fingerprint density at radius 3 is 2.48 bits per heavy atom. The van der Waals surface area contributed by atoms with Crippen LogP contribution in [0.3, 0.4) is 0 Å². The third kappa shape index (κ3) is 4.43. The van der Waals surface area contributed by atoms with Gasteiger partial charge in [0.1, 0.15) is 0 Å². The van der Waals surface area contributed by atoms with E-state index in [-0.39, 0.29) is 0 Å². The van der Waals surface area contributed by atoms with Crippen molar-refractivity contribution >= 4 is 0 Å². The number of nitrogens with zero attached hydrogens (tertiary/aromatic N) is 1. The van der Waals surface area contributed by atoms with Gasteiger partial charge in [0, 0.05) is 31.8 Å². The molecule has 2 atom stereocenters. The molecule has 1 aliphatic carbocycles. The number of piperidine rings is 1. The van der Waals surface area contributed by atoms with Crippen LogP contribution in [-0.4, -0.2) is 49.3 Å². The van der Waals surface area contributed by atoms with Gasteiger partial charge >= 0.3 is 0 Å². The first-order valence-corrected chi connectivity index (χ1v) is 9.17. The van der Waals surface area contributed by atoms with Gasteiger partial charge in [0.15, 0.2) is 0 Å². The summed E-state index contributed by atoms with van der Waals surface area (Å²) in [6.07, 6.45) is 8.27. The molecule has 21 heavy (non-hydrogen) atoms. The Morgan fingerprint density at radius 2 is 1.86 bits per heavy atom. The molecular weight excluding hydrogens is 260 g/mol. The fourth-order valence-corrected chi connectivity index (χ4v) is 4.33. The van der Waals surface area contributed by atoms with Gasteiger partial charge in [-0.3, -0.25) is 4.90 Å². The minimum absolute atomic E-state index is 0.425. The molecule has 0 aromatic carbocycles. The first-order valence-electron chi connectivity index (χ1n) is 9.17. The summed E-state index contributed by atoms with van der Waals surface area (Å²) in [7, 11) is 0. The van der Waals surface area contributed by atoms with E-state index >= 15 is 0 Å². The number of nitrogens with one attached hydrogen (secondary N) is 1. The second kappa shape index (κ2) is 7.94. The SMILES string of the molecule is CCCNC1C(N2CCC(OCC)CC2)CCCC1(C)C. The molecule has 2 fully saturated rings. The minimum Gasteiger partial charge on any atom is -0.378 e. The Kier molecular flexibility index (Phi) is 6.51. The van der Waals surface area contributed by atoms with Crippen molar-refractivity contribution in [1.82, 2.24) is 10.2 Å². The van der Waals surface area contributed by atoms with Crippen LogP contribution in [0.1, 0.15) is 66.2 Å². The Labute approximate surface area is 131 Å². The van der Waals surface area contributed by atoms with E-state index in [4.69, 9.17) is 4.74 Å². The number of hydrogen-bond donors (Lipinski definition) is 1. The van der Waals surface area contributed by atoms with Crippen LogP contribution in [-0.2, 0) is 4.74 Å². The summed E-state index contributed by atoms with van der Waals surface area (Å²) < 4.78 is 5.81. The van der Waals surface area contributed by atoms with Crippen LogP contribution < -0.4 is 5.32 Å². The van der Waals surface area contributed by atoms with Crippen LogP contribution in [0.5, 0.6) is 0 Å². The zero-order valence-electron chi connectivity index (χ0n) is 14.7. The summed E-state index contributed by atoms with van der Waals surface area (Å²) in [6.45, 7) is 13.7. The Morgan fingerprint density at radius 1 is 1.14 bits per heavy atom. The first-order chi connectivity index (χ1) is 10.1. The second-order valence-corrected chi connectivity index (χ2v) is 7.57. The fourth-order valence-electron chi connectivity index (χ4n) is 4.33. The van der Waals surface area contributed by atoms with Gasteiger partial charge in [-0.2, -0.15) is 0 Å². The molecule has 2 rings (SSSR count). The molecule has 2 unspecified atom stereocenters. The van der Waals surface area contributed by atoms with Gasteiger partial charge in [0.25, 0.3) is 0 Å². The quantitative estimate of drug-likeness (QED) is 0.812. The zero-order chi connectivity index (χ0) is 15.3. The van der Waals surface area contributed by atoms with Crippen molar-refractivity contribution in [1.29, 1.82) is 0 Å². The summed E-state index contributed by atoms with van der Waals surface area (Å²) in [6, 6.07) is 1.37. The van der Waals surface area contributed by atoms with Crippen LogP contribution in [0, 0.1) is 5.41 Å². The van der Waals surface area contributed by atoms with Crippen molar-refractivity contribution < 1.29 is 4.74 Å². The molecule has 3 heteroatoms. The van der Waals surface area contributed by atoms with Crippen molar-refractivity contribution in [3.05, 3.63) is 0 Å². The second-order valence-electron chi connectivity index (χ2n) is 7.57. The van der Waals surface area contributed by atoms with Crippen molar-refractivity contribution in [2.45, 2.75) is 84.4 Å². The molecule has 1 heterocycles. The highest BCUT2D eigenvalue weighted by Gasteiger charge is 2.41. The van der Waals surface area contributed by atoms with E-state index in [1.807, 2.05) is 0 Å². The van der Waals surface area contributed by atoms with E-state index in [1.54, 1.807) is 0 Å². The average molecular weight is 296 g/mol. The van der Waals surface area contributed by atoms with E-state index in [9.17, 15) is 0 Å². The lowest BCUT2D eigenvalue weighted by Gasteiger charge is -2.50. The smallest absolute Gasteiger partial charge is 0.0599 e. The molecule has 1 saturated carbocycles. The summed E-state index contributed by atoms with van der Waals surface area (Å²) in [4.78, 5) is 2.75. The predicted molar refractivity (Wildman–Crippen MR) is 89.7 cm³/mol. The summed E-state index contributed by atoms with van der Waals surface area (Å²) in [5, 5.41) is 3.87. The highest BCUT2D eigenvalue weighted by Crippen LogP contribution is 2.38. The largest absolute Gasteiger partial charge is 0.378 e. The lowest BCUT2D eigenvalue weighted by molar-refractivity contribution is -0.0201. The average Bonchev–Trinajstić information content (AvgIpc) is 2.46. The Hall–Kier alpha value is -0.120. The number of ether oxygens (including phenoxy) is 1. The predicted octanol–water partition coefficient (Wildman–Crippen LogP) is 3.43. The number of likely N-dealkylation sites (tertiary alicyclic amines) is 1. The van der Waals surface area contributed by atoms with Crippen molar-refractivity contribution in [3.8, 4) is 0 Å².